The molecule has 22 heavy (non-hydrogen) atoms. The molecule has 1 saturated heterocycles. The van der Waals surface area contributed by atoms with Crippen molar-refractivity contribution in [1.29, 1.82) is 0 Å². The van der Waals surface area contributed by atoms with Gasteiger partial charge in [-0.3, -0.25) is 14.9 Å². The van der Waals surface area contributed by atoms with E-state index in [1.54, 1.807) is 12.1 Å². The van der Waals surface area contributed by atoms with E-state index in [0.717, 1.165) is 37.9 Å². The second-order valence-corrected chi connectivity index (χ2v) is 5.53. The lowest BCUT2D eigenvalue weighted by Crippen LogP contribution is -2.41. The van der Waals surface area contributed by atoms with Gasteiger partial charge in [0.25, 0.3) is 5.69 Å². The summed E-state index contributed by atoms with van der Waals surface area (Å²) in [4.78, 5) is 24.4. The molecule has 2 rings (SSSR count). The van der Waals surface area contributed by atoms with Gasteiger partial charge in [0, 0.05) is 25.2 Å². The summed E-state index contributed by atoms with van der Waals surface area (Å²) in [5, 5.41) is 10.6. The Morgan fingerprint density at radius 2 is 2.05 bits per heavy atom. The van der Waals surface area contributed by atoms with Gasteiger partial charge in [0.1, 0.15) is 0 Å². The van der Waals surface area contributed by atoms with Gasteiger partial charge in [0.2, 0.25) is 5.91 Å². The van der Waals surface area contributed by atoms with Gasteiger partial charge >= 0.3 is 0 Å². The molecule has 0 spiro atoms. The molecule has 0 aromatic heterocycles. The number of piperidine rings is 1. The standard InChI is InChI=1S/C15H21N3O3.ClH/c16-8-7-13-2-1-9-17(11-13)15(19)10-12-3-5-14(6-4-12)18(20)21;/h3-6,13H,1-2,7-11,16H2;1H. The van der Waals surface area contributed by atoms with Crippen molar-refractivity contribution >= 4 is 24.0 Å². The largest absolute Gasteiger partial charge is 0.342 e. The number of nitro benzene ring substituents is 1. The number of hydrogen-bond donors (Lipinski definition) is 1. The lowest BCUT2D eigenvalue weighted by Gasteiger charge is -2.32. The number of nitrogens with two attached hydrogens (primary N) is 1. The zero-order valence-electron chi connectivity index (χ0n) is 12.4. The molecule has 0 saturated carbocycles. The number of hydrogen-bond acceptors (Lipinski definition) is 4. The van der Waals surface area contributed by atoms with E-state index in [9.17, 15) is 14.9 Å². The highest BCUT2D eigenvalue weighted by atomic mass is 35.5. The van der Waals surface area contributed by atoms with Crippen LogP contribution < -0.4 is 5.73 Å². The minimum Gasteiger partial charge on any atom is -0.342 e. The summed E-state index contributed by atoms with van der Waals surface area (Å²) in [5.74, 6) is 0.593. The van der Waals surface area contributed by atoms with Crippen molar-refractivity contribution in [3.05, 3.63) is 39.9 Å². The molecule has 2 N–H and O–H groups in total. The number of carbonyl (C=O) groups excluding carboxylic acids is 1. The molecule has 122 valence electrons. The molecule has 1 atom stereocenters. The lowest BCUT2D eigenvalue weighted by atomic mass is 9.94. The molecular formula is C15H22ClN3O3. The van der Waals surface area contributed by atoms with E-state index in [-0.39, 0.29) is 24.0 Å². The molecule has 0 bridgehead atoms. The summed E-state index contributed by atoms with van der Waals surface area (Å²) in [6.07, 6.45) is 3.42. The smallest absolute Gasteiger partial charge is 0.269 e. The predicted molar refractivity (Wildman–Crippen MR) is 87.0 cm³/mol. The molecular weight excluding hydrogens is 306 g/mol. The summed E-state index contributed by atoms with van der Waals surface area (Å²) in [6.45, 7) is 2.24. The third-order valence-electron chi connectivity index (χ3n) is 3.95. The lowest BCUT2D eigenvalue weighted by molar-refractivity contribution is -0.384. The number of nitro groups is 1. The van der Waals surface area contributed by atoms with Crippen LogP contribution in [0.4, 0.5) is 5.69 Å². The minimum atomic E-state index is -0.437. The highest BCUT2D eigenvalue weighted by molar-refractivity contribution is 5.85. The van der Waals surface area contributed by atoms with E-state index in [0.29, 0.717) is 18.9 Å². The number of nitrogens with zero attached hydrogens (tertiary/aromatic N) is 2. The van der Waals surface area contributed by atoms with E-state index in [4.69, 9.17) is 5.73 Å². The molecule has 1 amide bonds. The van der Waals surface area contributed by atoms with Crippen molar-refractivity contribution in [2.75, 3.05) is 19.6 Å². The van der Waals surface area contributed by atoms with Crippen molar-refractivity contribution in [3.8, 4) is 0 Å². The Labute approximate surface area is 136 Å². The quantitative estimate of drug-likeness (QED) is 0.662. The number of benzene rings is 1. The Balaban J connectivity index is 0.00000242. The third-order valence-corrected chi connectivity index (χ3v) is 3.95. The summed E-state index contributed by atoms with van der Waals surface area (Å²) in [6, 6.07) is 6.18. The molecule has 1 aromatic rings. The second kappa shape index (κ2) is 8.70. The van der Waals surface area contributed by atoms with E-state index >= 15 is 0 Å². The normalized spacial score (nSPS) is 17.7. The van der Waals surface area contributed by atoms with Crippen LogP contribution in [-0.2, 0) is 11.2 Å². The van der Waals surface area contributed by atoms with Crippen LogP contribution in [0.25, 0.3) is 0 Å². The molecule has 0 aliphatic carbocycles. The van der Waals surface area contributed by atoms with Crippen molar-refractivity contribution < 1.29 is 9.72 Å². The fourth-order valence-corrected chi connectivity index (χ4v) is 2.78. The Hall–Kier alpha value is -1.66. The molecule has 1 fully saturated rings. The topological polar surface area (TPSA) is 89.5 Å². The van der Waals surface area contributed by atoms with Crippen LogP contribution in [0.15, 0.2) is 24.3 Å². The molecule has 1 aromatic carbocycles. The molecule has 1 heterocycles. The first-order valence-electron chi connectivity index (χ1n) is 7.31. The summed E-state index contributed by atoms with van der Waals surface area (Å²) >= 11 is 0. The van der Waals surface area contributed by atoms with E-state index in [1.165, 1.54) is 12.1 Å². The number of likely N-dealkylation sites (tertiary alicyclic amines) is 1. The van der Waals surface area contributed by atoms with E-state index < -0.39 is 4.92 Å². The molecule has 6 nitrogen and oxygen atoms in total. The van der Waals surface area contributed by atoms with Gasteiger partial charge in [0.05, 0.1) is 11.3 Å². The van der Waals surface area contributed by atoms with Crippen LogP contribution in [-0.4, -0.2) is 35.4 Å². The van der Waals surface area contributed by atoms with E-state index in [1.807, 2.05) is 4.90 Å². The first-order valence-corrected chi connectivity index (χ1v) is 7.31. The van der Waals surface area contributed by atoms with Crippen LogP contribution in [0.2, 0.25) is 0 Å². The van der Waals surface area contributed by atoms with Gasteiger partial charge in [-0.25, -0.2) is 0 Å². The van der Waals surface area contributed by atoms with Crippen molar-refractivity contribution in [2.45, 2.75) is 25.7 Å². The number of halogens is 1. The highest BCUT2D eigenvalue weighted by Crippen LogP contribution is 2.20. The zero-order valence-corrected chi connectivity index (χ0v) is 13.3. The number of non-ortho nitro benzene ring substituents is 1. The maximum atomic E-state index is 12.3. The van der Waals surface area contributed by atoms with Crippen molar-refractivity contribution in [3.63, 3.8) is 0 Å². The fraction of sp³-hybridized carbons (Fsp3) is 0.533. The van der Waals surface area contributed by atoms with Crippen LogP contribution in [0.3, 0.4) is 0 Å². The van der Waals surface area contributed by atoms with Gasteiger partial charge < -0.3 is 10.6 Å². The highest BCUT2D eigenvalue weighted by Gasteiger charge is 2.23. The summed E-state index contributed by atoms with van der Waals surface area (Å²) in [5.41, 5.74) is 6.44. The van der Waals surface area contributed by atoms with Crippen LogP contribution >= 0.6 is 12.4 Å². The Kier molecular flexibility index (Phi) is 7.27. The average Bonchev–Trinajstić information content (AvgIpc) is 2.48. The second-order valence-electron chi connectivity index (χ2n) is 5.53. The number of carbonyl (C=O) groups is 1. The molecule has 7 heteroatoms. The molecule has 1 unspecified atom stereocenters. The summed E-state index contributed by atoms with van der Waals surface area (Å²) in [7, 11) is 0. The van der Waals surface area contributed by atoms with Gasteiger partial charge in [-0.2, -0.15) is 0 Å². The Bertz CT molecular complexity index is 505. The average molecular weight is 328 g/mol. The van der Waals surface area contributed by atoms with Crippen LogP contribution in [0.5, 0.6) is 0 Å². The minimum absolute atomic E-state index is 0. The molecule has 1 aliphatic heterocycles. The number of amides is 1. The van der Waals surface area contributed by atoms with Gasteiger partial charge in [-0.1, -0.05) is 12.1 Å². The number of rotatable bonds is 5. The summed E-state index contributed by atoms with van der Waals surface area (Å²) < 4.78 is 0. The molecule has 0 radical (unpaired) electrons. The molecule has 1 aliphatic rings. The first-order chi connectivity index (χ1) is 10.1. The Morgan fingerprint density at radius 3 is 2.64 bits per heavy atom. The Morgan fingerprint density at radius 1 is 1.36 bits per heavy atom. The SMILES string of the molecule is Cl.NCCC1CCCN(C(=O)Cc2ccc([N+](=O)[O-])cc2)C1. The van der Waals surface area contributed by atoms with Gasteiger partial charge in [0.15, 0.2) is 0 Å². The first kappa shape index (κ1) is 18.4. The van der Waals surface area contributed by atoms with Crippen LogP contribution in [0, 0.1) is 16.0 Å². The van der Waals surface area contributed by atoms with Crippen molar-refractivity contribution in [2.24, 2.45) is 11.7 Å². The third kappa shape index (κ3) is 4.96. The van der Waals surface area contributed by atoms with Gasteiger partial charge in [-0.15, -0.1) is 12.4 Å². The monoisotopic (exact) mass is 327 g/mol. The van der Waals surface area contributed by atoms with Crippen molar-refractivity contribution in [1.82, 2.24) is 4.90 Å². The van der Waals surface area contributed by atoms with Crippen LogP contribution in [0.1, 0.15) is 24.8 Å². The van der Waals surface area contributed by atoms with Gasteiger partial charge in [-0.05, 0) is 37.3 Å². The predicted octanol–water partition coefficient (Wildman–Crippen LogP) is 2.15. The maximum Gasteiger partial charge on any atom is 0.269 e. The van der Waals surface area contributed by atoms with E-state index in [2.05, 4.69) is 0 Å². The fourth-order valence-electron chi connectivity index (χ4n) is 2.78. The maximum absolute atomic E-state index is 12.3. The zero-order chi connectivity index (χ0) is 15.2.